The fourth-order valence-electron chi connectivity index (χ4n) is 1.58. The number of nitrogens with one attached hydrogen (secondary N) is 1. The van der Waals surface area contributed by atoms with Gasteiger partial charge in [-0.3, -0.25) is 0 Å². The number of esters is 1. The van der Waals surface area contributed by atoms with Crippen LogP contribution in [0, 0.1) is 0 Å². The van der Waals surface area contributed by atoms with E-state index in [1.807, 2.05) is 44.2 Å². The van der Waals surface area contributed by atoms with Crippen LogP contribution >= 0.6 is 11.8 Å². The summed E-state index contributed by atoms with van der Waals surface area (Å²) in [6.07, 6.45) is 3.63. The molecular formula is C17H23NO3S. The monoisotopic (exact) mass is 321 g/mol. The number of hydrogen-bond donors (Lipinski definition) is 1. The lowest BCUT2D eigenvalue weighted by atomic mass is 10.2. The lowest BCUT2D eigenvalue weighted by Crippen LogP contribution is -2.18. The summed E-state index contributed by atoms with van der Waals surface area (Å²) in [5.74, 6) is 1.30. The average Bonchev–Trinajstić information content (AvgIpc) is 2.53. The van der Waals surface area contributed by atoms with Crippen molar-refractivity contribution in [3.05, 3.63) is 53.1 Å². The van der Waals surface area contributed by atoms with Gasteiger partial charge in [0.2, 0.25) is 0 Å². The van der Waals surface area contributed by atoms with Gasteiger partial charge in [-0.25, -0.2) is 4.79 Å². The first kappa shape index (κ1) is 18.2. The van der Waals surface area contributed by atoms with Gasteiger partial charge in [0.1, 0.15) is 18.1 Å². The number of rotatable bonds is 9. The van der Waals surface area contributed by atoms with Crippen LogP contribution in [0.3, 0.4) is 0 Å². The van der Waals surface area contributed by atoms with Crippen LogP contribution in [0.15, 0.2) is 47.5 Å². The van der Waals surface area contributed by atoms with Crippen molar-refractivity contribution in [3.63, 3.8) is 0 Å². The summed E-state index contributed by atoms with van der Waals surface area (Å²) >= 11 is 1.54. The fourth-order valence-corrected chi connectivity index (χ4v) is 2.43. The smallest absolute Gasteiger partial charge is 0.355 e. The highest BCUT2D eigenvalue weighted by molar-refractivity contribution is 8.01. The second kappa shape index (κ2) is 10.8. The molecule has 0 spiro atoms. The third kappa shape index (κ3) is 6.72. The number of allylic oxidation sites excluding steroid dienone is 1. The van der Waals surface area contributed by atoms with Crippen LogP contribution in [0.4, 0.5) is 0 Å². The van der Waals surface area contributed by atoms with E-state index in [0.717, 1.165) is 11.5 Å². The Balaban J connectivity index is 2.48. The molecule has 0 fully saturated rings. The maximum absolute atomic E-state index is 11.8. The van der Waals surface area contributed by atoms with Crippen LogP contribution in [-0.4, -0.2) is 26.2 Å². The molecule has 0 saturated carbocycles. The van der Waals surface area contributed by atoms with E-state index in [1.165, 1.54) is 5.56 Å². The van der Waals surface area contributed by atoms with Crippen LogP contribution in [0.1, 0.15) is 19.4 Å². The predicted molar refractivity (Wildman–Crippen MR) is 91.8 cm³/mol. The van der Waals surface area contributed by atoms with Gasteiger partial charge in [-0.15, -0.1) is 11.8 Å². The predicted octanol–water partition coefficient (Wildman–Crippen LogP) is 3.50. The van der Waals surface area contributed by atoms with E-state index in [9.17, 15) is 4.79 Å². The molecule has 1 N–H and O–H groups in total. The van der Waals surface area contributed by atoms with Crippen LogP contribution in [-0.2, 0) is 15.3 Å². The standard InChI is InChI=1S/C17H23NO3S/c1-4-6-11-21-17(19)16(18-3)13-22-12-14-7-9-15(10-8-14)20-5-2/h4,6-10,13,18H,5,11-12H2,1-3H3/b6-4+,16-13-. The normalized spacial score (nSPS) is 11.5. The molecule has 1 rings (SSSR count). The summed E-state index contributed by atoms with van der Waals surface area (Å²) in [5.41, 5.74) is 1.63. The minimum absolute atomic E-state index is 0.290. The van der Waals surface area contributed by atoms with Gasteiger partial charge >= 0.3 is 5.97 Å². The third-order valence-corrected chi connectivity index (χ3v) is 3.62. The highest BCUT2D eigenvalue weighted by Gasteiger charge is 2.08. The minimum atomic E-state index is -0.347. The van der Waals surface area contributed by atoms with Gasteiger partial charge in [-0.05, 0) is 31.5 Å². The number of likely N-dealkylation sites (N-methyl/N-ethyl adjacent to an activating group) is 1. The molecule has 22 heavy (non-hydrogen) atoms. The van der Waals surface area contributed by atoms with E-state index >= 15 is 0 Å². The Kier molecular flexibility index (Phi) is 8.91. The van der Waals surface area contributed by atoms with E-state index in [-0.39, 0.29) is 12.6 Å². The highest BCUT2D eigenvalue weighted by atomic mass is 32.2. The molecule has 5 heteroatoms. The zero-order valence-corrected chi connectivity index (χ0v) is 14.1. The topological polar surface area (TPSA) is 47.6 Å². The molecule has 0 radical (unpaired) electrons. The molecule has 0 atom stereocenters. The van der Waals surface area contributed by atoms with Crippen molar-refractivity contribution in [2.24, 2.45) is 0 Å². The first-order valence-corrected chi connectivity index (χ1v) is 8.25. The molecule has 1 aromatic rings. The summed E-state index contributed by atoms with van der Waals surface area (Å²) in [5, 5.41) is 4.65. The molecule has 1 aromatic carbocycles. The fraction of sp³-hybridized carbons (Fsp3) is 0.353. The van der Waals surface area contributed by atoms with E-state index in [1.54, 1.807) is 30.3 Å². The van der Waals surface area contributed by atoms with E-state index in [4.69, 9.17) is 9.47 Å². The molecule has 0 amide bonds. The van der Waals surface area contributed by atoms with Crippen molar-refractivity contribution < 1.29 is 14.3 Å². The molecule has 120 valence electrons. The Morgan fingerprint density at radius 1 is 1.32 bits per heavy atom. The van der Waals surface area contributed by atoms with Crippen LogP contribution in [0.5, 0.6) is 5.75 Å². The zero-order valence-electron chi connectivity index (χ0n) is 13.3. The first-order chi connectivity index (χ1) is 10.7. The molecule has 0 bridgehead atoms. The number of thioether (sulfide) groups is 1. The summed E-state index contributed by atoms with van der Waals surface area (Å²) in [7, 11) is 1.71. The Morgan fingerprint density at radius 2 is 2.05 bits per heavy atom. The van der Waals surface area contributed by atoms with Gasteiger partial charge < -0.3 is 14.8 Å². The quantitative estimate of drug-likeness (QED) is 0.428. The van der Waals surface area contributed by atoms with Crippen molar-refractivity contribution in [2.45, 2.75) is 19.6 Å². The minimum Gasteiger partial charge on any atom is -0.494 e. The second-order valence-corrected chi connectivity index (χ2v) is 5.19. The summed E-state index contributed by atoms with van der Waals surface area (Å²) in [4.78, 5) is 11.8. The molecule has 0 aliphatic heterocycles. The Morgan fingerprint density at radius 3 is 2.64 bits per heavy atom. The molecule has 0 heterocycles. The highest BCUT2D eigenvalue weighted by Crippen LogP contribution is 2.18. The van der Waals surface area contributed by atoms with Crippen LogP contribution < -0.4 is 10.1 Å². The Hall–Kier alpha value is -1.88. The second-order valence-electron chi connectivity index (χ2n) is 4.34. The van der Waals surface area contributed by atoms with E-state index in [2.05, 4.69) is 5.32 Å². The van der Waals surface area contributed by atoms with Crippen molar-refractivity contribution in [3.8, 4) is 5.75 Å². The number of carbonyl (C=O) groups excluding carboxylic acids is 1. The Labute approximate surface area is 136 Å². The molecule has 0 aromatic heterocycles. The van der Waals surface area contributed by atoms with Gasteiger partial charge in [0.05, 0.1) is 6.61 Å². The van der Waals surface area contributed by atoms with Gasteiger partial charge in [0.25, 0.3) is 0 Å². The Bertz CT molecular complexity index is 509. The van der Waals surface area contributed by atoms with Crippen LogP contribution in [0.2, 0.25) is 0 Å². The van der Waals surface area contributed by atoms with Gasteiger partial charge in [0.15, 0.2) is 0 Å². The lowest BCUT2D eigenvalue weighted by molar-refractivity contribution is -0.138. The lowest BCUT2D eigenvalue weighted by Gasteiger charge is -2.07. The number of benzene rings is 1. The van der Waals surface area contributed by atoms with E-state index in [0.29, 0.717) is 12.3 Å². The molecule has 0 aliphatic rings. The van der Waals surface area contributed by atoms with Gasteiger partial charge in [-0.1, -0.05) is 24.3 Å². The average molecular weight is 321 g/mol. The number of carbonyl (C=O) groups is 1. The number of ether oxygens (including phenoxy) is 2. The maximum atomic E-state index is 11.8. The third-order valence-electron chi connectivity index (χ3n) is 2.72. The molecule has 0 aliphatic carbocycles. The largest absolute Gasteiger partial charge is 0.494 e. The van der Waals surface area contributed by atoms with Crippen molar-refractivity contribution in [2.75, 3.05) is 20.3 Å². The summed E-state index contributed by atoms with van der Waals surface area (Å²) in [6.45, 7) is 4.80. The number of hydrogen-bond acceptors (Lipinski definition) is 5. The van der Waals surface area contributed by atoms with Gasteiger partial charge in [-0.2, -0.15) is 0 Å². The van der Waals surface area contributed by atoms with E-state index < -0.39 is 0 Å². The van der Waals surface area contributed by atoms with Crippen molar-refractivity contribution in [1.82, 2.24) is 5.32 Å². The van der Waals surface area contributed by atoms with Crippen molar-refractivity contribution >= 4 is 17.7 Å². The first-order valence-electron chi connectivity index (χ1n) is 7.20. The zero-order chi connectivity index (χ0) is 16.2. The molecular weight excluding hydrogens is 298 g/mol. The van der Waals surface area contributed by atoms with Gasteiger partial charge in [0, 0.05) is 18.2 Å². The van der Waals surface area contributed by atoms with Crippen molar-refractivity contribution in [1.29, 1.82) is 0 Å². The summed E-state index contributed by atoms with van der Waals surface area (Å²) in [6, 6.07) is 7.95. The summed E-state index contributed by atoms with van der Waals surface area (Å²) < 4.78 is 10.5. The molecule has 0 unspecified atom stereocenters. The van der Waals surface area contributed by atoms with Crippen LogP contribution in [0.25, 0.3) is 0 Å². The molecule has 4 nitrogen and oxygen atoms in total. The maximum Gasteiger partial charge on any atom is 0.355 e. The molecule has 0 saturated heterocycles. The SMILES string of the molecule is C/C=C/COC(=O)/C(=C/SCc1ccc(OCC)cc1)NC.